The van der Waals surface area contributed by atoms with Crippen molar-refractivity contribution in [1.29, 1.82) is 0 Å². The summed E-state index contributed by atoms with van der Waals surface area (Å²) in [6.45, 7) is 0. The minimum absolute atomic E-state index is 0.0978. The van der Waals surface area contributed by atoms with E-state index in [9.17, 15) is 4.79 Å². The molecule has 0 atom stereocenters. The van der Waals surface area contributed by atoms with Gasteiger partial charge in [-0.2, -0.15) is 0 Å². The molecule has 2 aromatic rings. The molecule has 0 fully saturated rings. The van der Waals surface area contributed by atoms with Gasteiger partial charge in [0.05, 0.1) is 23.6 Å². The first-order valence-corrected chi connectivity index (χ1v) is 7.37. The Morgan fingerprint density at radius 1 is 1.20 bits per heavy atom. The third-order valence-corrected chi connectivity index (χ3v) is 4.09. The summed E-state index contributed by atoms with van der Waals surface area (Å²) < 4.78 is 5.19. The van der Waals surface area contributed by atoms with Gasteiger partial charge in [-0.15, -0.1) is 11.8 Å². The van der Waals surface area contributed by atoms with Gasteiger partial charge in [-0.25, -0.2) is 0 Å². The maximum Gasteiger partial charge on any atom is 0.234 e. The van der Waals surface area contributed by atoms with Crippen LogP contribution in [0.15, 0.2) is 53.4 Å². The number of rotatable bonds is 5. The number of amides is 1. The normalized spacial score (nSPS) is 10.1. The molecule has 0 aromatic heterocycles. The first-order chi connectivity index (χ1) is 9.70. The number of ether oxygens (including phenoxy) is 1. The van der Waals surface area contributed by atoms with Gasteiger partial charge in [0.2, 0.25) is 5.91 Å². The number of methoxy groups -OCH3 is 1. The van der Waals surface area contributed by atoms with Gasteiger partial charge in [0, 0.05) is 4.90 Å². The summed E-state index contributed by atoms with van der Waals surface area (Å²) in [6.07, 6.45) is 0. The van der Waals surface area contributed by atoms with Crippen molar-refractivity contribution in [3.63, 3.8) is 0 Å². The first-order valence-electron chi connectivity index (χ1n) is 6.01. The van der Waals surface area contributed by atoms with Gasteiger partial charge in [-0.3, -0.25) is 4.79 Å². The van der Waals surface area contributed by atoms with Gasteiger partial charge in [0.1, 0.15) is 5.75 Å². The van der Waals surface area contributed by atoms with E-state index >= 15 is 0 Å². The van der Waals surface area contributed by atoms with Crippen LogP contribution in [0, 0.1) is 0 Å². The number of carbonyl (C=O) groups excluding carboxylic acids is 1. The Kier molecular flexibility index (Phi) is 5.32. The quantitative estimate of drug-likeness (QED) is 0.846. The van der Waals surface area contributed by atoms with Crippen molar-refractivity contribution in [2.45, 2.75) is 4.90 Å². The van der Waals surface area contributed by atoms with Crippen molar-refractivity contribution < 1.29 is 9.53 Å². The molecule has 0 aliphatic carbocycles. The molecule has 0 bridgehead atoms. The van der Waals surface area contributed by atoms with E-state index < -0.39 is 0 Å². The SMILES string of the molecule is COc1ccccc1NC(=O)CSc1ccccc1Cl. The summed E-state index contributed by atoms with van der Waals surface area (Å²) in [4.78, 5) is 12.8. The Morgan fingerprint density at radius 3 is 2.65 bits per heavy atom. The molecule has 2 rings (SSSR count). The largest absolute Gasteiger partial charge is 0.495 e. The Morgan fingerprint density at radius 2 is 1.90 bits per heavy atom. The third kappa shape index (κ3) is 3.92. The molecule has 0 saturated carbocycles. The minimum Gasteiger partial charge on any atom is -0.495 e. The van der Waals surface area contributed by atoms with Crippen molar-refractivity contribution >= 4 is 35.0 Å². The molecule has 2 aromatic carbocycles. The molecular weight excluding hydrogens is 294 g/mol. The smallest absolute Gasteiger partial charge is 0.234 e. The second-order valence-electron chi connectivity index (χ2n) is 3.97. The highest BCUT2D eigenvalue weighted by Crippen LogP contribution is 2.27. The van der Waals surface area contributed by atoms with Crippen LogP contribution in [0.3, 0.4) is 0 Å². The van der Waals surface area contributed by atoms with Crippen LogP contribution in [-0.4, -0.2) is 18.8 Å². The standard InChI is InChI=1S/C15H14ClNO2S/c1-19-13-8-4-3-7-12(13)17-15(18)10-20-14-9-5-2-6-11(14)16/h2-9H,10H2,1H3,(H,17,18). The fourth-order valence-corrected chi connectivity index (χ4v) is 2.68. The van der Waals surface area contributed by atoms with Gasteiger partial charge in [0.25, 0.3) is 0 Å². The van der Waals surface area contributed by atoms with Crippen LogP contribution < -0.4 is 10.1 Å². The van der Waals surface area contributed by atoms with E-state index in [0.29, 0.717) is 22.2 Å². The summed E-state index contributed by atoms with van der Waals surface area (Å²) in [6, 6.07) is 14.8. The highest BCUT2D eigenvalue weighted by atomic mass is 35.5. The van der Waals surface area contributed by atoms with Gasteiger partial charge in [-0.1, -0.05) is 35.9 Å². The Balaban J connectivity index is 1.95. The van der Waals surface area contributed by atoms with E-state index in [0.717, 1.165) is 4.90 Å². The summed E-state index contributed by atoms with van der Waals surface area (Å²) in [5.41, 5.74) is 0.666. The zero-order chi connectivity index (χ0) is 14.4. The number of nitrogens with one attached hydrogen (secondary N) is 1. The monoisotopic (exact) mass is 307 g/mol. The van der Waals surface area contributed by atoms with E-state index in [-0.39, 0.29) is 5.91 Å². The number of para-hydroxylation sites is 2. The molecule has 20 heavy (non-hydrogen) atoms. The van der Waals surface area contributed by atoms with Crippen molar-refractivity contribution in [2.75, 3.05) is 18.2 Å². The van der Waals surface area contributed by atoms with Crippen LogP contribution >= 0.6 is 23.4 Å². The molecule has 1 N–H and O–H groups in total. The van der Waals surface area contributed by atoms with Crippen LogP contribution in [0.25, 0.3) is 0 Å². The second kappa shape index (κ2) is 7.22. The highest BCUT2D eigenvalue weighted by molar-refractivity contribution is 8.00. The van der Waals surface area contributed by atoms with E-state index in [1.807, 2.05) is 36.4 Å². The maximum atomic E-state index is 11.9. The average Bonchev–Trinajstić information content (AvgIpc) is 2.47. The second-order valence-corrected chi connectivity index (χ2v) is 5.39. The van der Waals surface area contributed by atoms with Gasteiger partial charge in [0.15, 0.2) is 0 Å². The lowest BCUT2D eigenvalue weighted by Gasteiger charge is -2.09. The molecule has 0 saturated heterocycles. The van der Waals surface area contributed by atoms with Crippen molar-refractivity contribution in [2.24, 2.45) is 0 Å². The number of anilines is 1. The van der Waals surface area contributed by atoms with E-state index in [1.54, 1.807) is 19.2 Å². The lowest BCUT2D eigenvalue weighted by Crippen LogP contribution is -2.14. The first kappa shape index (κ1) is 14.8. The highest BCUT2D eigenvalue weighted by Gasteiger charge is 2.08. The molecule has 0 aliphatic rings. The Bertz CT molecular complexity index is 604. The maximum absolute atomic E-state index is 11.9. The molecular formula is C15H14ClNO2S. The Labute approximate surface area is 127 Å². The number of hydrogen-bond donors (Lipinski definition) is 1. The summed E-state index contributed by atoms with van der Waals surface area (Å²) in [5.74, 6) is 0.838. The van der Waals surface area contributed by atoms with Crippen LogP contribution in [0.4, 0.5) is 5.69 Å². The van der Waals surface area contributed by atoms with E-state index in [4.69, 9.17) is 16.3 Å². The molecule has 0 unspecified atom stereocenters. The zero-order valence-corrected chi connectivity index (χ0v) is 12.5. The third-order valence-electron chi connectivity index (χ3n) is 2.58. The van der Waals surface area contributed by atoms with Crippen molar-refractivity contribution in [3.8, 4) is 5.75 Å². The molecule has 1 amide bonds. The molecule has 0 radical (unpaired) electrons. The van der Waals surface area contributed by atoms with E-state index in [1.165, 1.54) is 11.8 Å². The molecule has 104 valence electrons. The molecule has 5 heteroatoms. The zero-order valence-electron chi connectivity index (χ0n) is 10.9. The van der Waals surface area contributed by atoms with Gasteiger partial charge in [-0.05, 0) is 24.3 Å². The number of carbonyl (C=O) groups is 1. The minimum atomic E-state index is -0.0978. The Hall–Kier alpha value is -1.65. The van der Waals surface area contributed by atoms with Crippen molar-refractivity contribution in [1.82, 2.24) is 0 Å². The molecule has 0 heterocycles. The van der Waals surface area contributed by atoms with E-state index in [2.05, 4.69) is 5.32 Å². The van der Waals surface area contributed by atoms with Crippen LogP contribution in [-0.2, 0) is 4.79 Å². The van der Waals surface area contributed by atoms with Gasteiger partial charge >= 0.3 is 0 Å². The summed E-state index contributed by atoms with van der Waals surface area (Å²) in [7, 11) is 1.57. The lowest BCUT2D eigenvalue weighted by atomic mass is 10.3. The molecule has 0 spiro atoms. The summed E-state index contributed by atoms with van der Waals surface area (Å²) in [5, 5.41) is 3.48. The fraction of sp³-hybridized carbons (Fsp3) is 0.133. The number of hydrogen-bond acceptors (Lipinski definition) is 3. The predicted molar refractivity (Wildman–Crippen MR) is 83.8 cm³/mol. The van der Waals surface area contributed by atoms with Crippen LogP contribution in [0.1, 0.15) is 0 Å². The van der Waals surface area contributed by atoms with Crippen LogP contribution in [0.2, 0.25) is 5.02 Å². The molecule has 0 aliphatic heterocycles. The number of halogens is 1. The molecule has 3 nitrogen and oxygen atoms in total. The van der Waals surface area contributed by atoms with Crippen molar-refractivity contribution in [3.05, 3.63) is 53.6 Å². The number of benzene rings is 2. The lowest BCUT2D eigenvalue weighted by molar-refractivity contribution is -0.113. The van der Waals surface area contributed by atoms with Gasteiger partial charge < -0.3 is 10.1 Å². The summed E-state index contributed by atoms with van der Waals surface area (Å²) >= 11 is 7.45. The topological polar surface area (TPSA) is 38.3 Å². The average molecular weight is 308 g/mol. The van der Waals surface area contributed by atoms with Crippen LogP contribution in [0.5, 0.6) is 5.75 Å². The number of thioether (sulfide) groups is 1. The fourth-order valence-electron chi connectivity index (χ4n) is 1.64. The predicted octanol–water partition coefficient (Wildman–Crippen LogP) is 4.08.